The van der Waals surface area contributed by atoms with E-state index >= 15 is 0 Å². The van der Waals surface area contributed by atoms with E-state index in [4.69, 9.17) is 4.74 Å². The van der Waals surface area contributed by atoms with Crippen molar-refractivity contribution < 1.29 is 18.8 Å². The molecular formula is C20H23FN4O4. The molecule has 2 N–H and O–H groups in total. The minimum atomic E-state index is -0.530. The van der Waals surface area contributed by atoms with Crippen LogP contribution in [-0.4, -0.2) is 55.6 Å². The van der Waals surface area contributed by atoms with Crippen LogP contribution >= 0.6 is 0 Å². The number of anilines is 1. The molecule has 0 bridgehead atoms. The van der Waals surface area contributed by atoms with Crippen molar-refractivity contribution in [1.82, 2.24) is 10.2 Å². The van der Waals surface area contributed by atoms with Gasteiger partial charge in [-0.1, -0.05) is 12.1 Å². The average molecular weight is 402 g/mol. The topological polar surface area (TPSA) is 96.7 Å². The van der Waals surface area contributed by atoms with Gasteiger partial charge in [0.25, 0.3) is 11.6 Å². The van der Waals surface area contributed by atoms with E-state index in [1.54, 1.807) is 19.2 Å². The van der Waals surface area contributed by atoms with Crippen molar-refractivity contribution in [3.05, 3.63) is 69.5 Å². The van der Waals surface area contributed by atoms with Crippen LogP contribution in [0, 0.1) is 15.9 Å². The molecule has 0 aliphatic carbocycles. The van der Waals surface area contributed by atoms with Gasteiger partial charge in [-0.15, -0.1) is 0 Å². The van der Waals surface area contributed by atoms with Crippen LogP contribution < -0.4 is 10.6 Å². The largest absolute Gasteiger partial charge is 0.383 e. The molecule has 1 aliphatic rings. The first-order chi connectivity index (χ1) is 14.0. The van der Waals surface area contributed by atoms with Crippen LogP contribution in [0.25, 0.3) is 0 Å². The Morgan fingerprint density at radius 2 is 1.93 bits per heavy atom. The van der Waals surface area contributed by atoms with E-state index in [-0.39, 0.29) is 29.7 Å². The zero-order chi connectivity index (χ0) is 20.8. The van der Waals surface area contributed by atoms with Gasteiger partial charge in [0.2, 0.25) is 0 Å². The number of benzene rings is 2. The van der Waals surface area contributed by atoms with Gasteiger partial charge in [0, 0.05) is 38.3 Å². The monoisotopic (exact) mass is 402 g/mol. The second-order valence-corrected chi connectivity index (χ2v) is 6.66. The summed E-state index contributed by atoms with van der Waals surface area (Å²) in [6.45, 7) is 2.85. The first-order valence-electron chi connectivity index (χ1n) is 9.31. The maximum Gasteiger partial charge on any atom is 0.293 e. The predicted octanol–water partition coefficient (Wildman–Crippen LogP) is 2.58. The number of nitro groups is 1. The van der Waals surface area contributed by atoms with Crippen LogP contribution in [0.2, 0.25) is 0 Å². The van der Waals surface area contributed by atoms with E-state index < -0.39 is 10.8 Å². The summed E-state index contributed by atoms with van der Waals surface area (Å²) in [5.41, 5.74) is 1.26. The molecule has 9 heteroatoms. The molecule has 1 unspecified atom stereocenters. The summed E-state index contributed by atoms with van der Waals surface area (Å²) in [5, 5.41) is 16.8. The highest BCUT2D eigenvalue weighted by Crippen LogP contribution is 2.25. The molecule has 1 saturated heterocycles. The number of hydrogen-bond donors (Lipinski definition) is 2. The molecule has 154 valence electrons. The van der Waals surface area contributed by atoms with Gasteiger partial charge in [-0.3, -0.25) is 19.8 Å². The predicted molar refractivity (Wildman–Crippen MR) is 107 cm³/mol. The zero-order valence-corrected chi connectivity index (χ0v) is 16.1. The Labute approximate surface area is 167 Å². The molecule has 0 radical (unpaired) electrons. The third-order valence-corrected chi connectivity index (χ3v) is 4.92. The summed E-state index contributed by atoms with van der Waals surface area (Å²) in [6.07, 6.45) is 0. The number of nitro benzene ring substituents is 1. The Morgan fingerprint density at radius 1 is 1.24 bits per heavy atom. The van der Waals surface area contributed by atoms with E-state index in [0.717, 1.165) is 5.56 Å². The molecule has 1 heterocycles. The van der Waals surface area contributed by atoms with Gasteiger partial charge < -0.3 is 15.4 Å². The summed E-state index contributed by atoms with van der Waals surface area (Å²) in [7, 11) is 1.58. The molecule has 1 fully saturated rings. The lowest BCUT2D eigenvalue weighted by Crippen LogP contribution is -2.43. The van der Waals surface area contributed by atoms with Crippen LogP contribution in [0.5, 0.6) is 0 Å². The van der Waals surface area contributed by atoms with Crippen molar-refractivity contribution in [2.45, 2.75) is 6.04 Å². The number of nitrogens with zero attached hydrogens (tertiary/aromatic N) is 2. The first kappa shape index (κ1) is 20.7. The Morgan fingerprint density at radius 3 is 2.55 bits per heavy atom. The maximum absolute atomic E-state index is 13.3. The van der Waals surface area contributed by atoms with Crippen LogP contribution in [0.3, 0.4) is 0 Å². The molecule has 8 nitrogen and oxygen atoms in total. The lowest BCUT2D eigenvalue weighted by Gasteiger charge is -2.35. The second-order valence-electron chi connectivity index (χ2n) is 6.66. The molecule has 3 rings (SSSR count). The van der Waals surface area contributed by atoms with Gasteiger partial charge in [-0.2, -0.15) is 0 Å². The zero-order valence-electron chi connectivity index (χ0n) is 16.1. The molecule has 29 heavy (non-hydrogen) atoms. The highest BCUT2D eigenvalue weighted by atomic mass is 19.1. The van der Waals surface area contributed by atoms with Gasteiger partial charge in [-0.25, -0.2) is 4.39 Å². The summed E-state index contributed by atoms with van der Waals surface area (Å²) >= 11 is 0. The minimum Gasteiger partial charge on any atom is -0.383 e. The van der Waals surface area contributed by atoms with E-state index in [2.05, 4.69) is 15.5 Å². The van der Waals surface area contributed by atoms with E-state index in [0.29, 0.717) is 32.0 Å². The Balaban J connectivity index is 1.76. The fraction of sp³-hybridized carbons (Fsp3) is 0.350. The van der Waals surface area contributed by atoms with E-state index in [1.165, 1.54) is 30.3 Å². The van der Waals surface area contributed by atoms with E-state index in [1.807, 2.05) is 0 Å². The fourth-order valence-corrected chi connectivity index (χ4v) is 3.36. The number of morpholine rings is 1. The van der Waals surface area contributed by atoms with Crippen LogP contribution in [0.1, 0.15) is 22.0 Å². The highest BCUT2D eigenvalue weighted by molar-refractivity contribution is 5.95. The van der Waals surface area contributed by atoms with Gasteiger partial charge in [0.1, 0.15) is 11.5 Å². The van der Waals surface area contributed by atoms with Crippen molar-refractivity contribution in [2.24, 2.45) is 0 Å². The van der Waals surface area contributed by atoms with Crippen molar-refractivity contribution in [2.75, 3.05) is 45.2 Å². The SMILES string of the molecule is CNc1ccc(C(=O)NCC(c2ccc(F)cc2)N2CCOCC2)cc1[N+](=O)[O-]. The summed E-state index contributed by atoms with van der Waals surface area (Å²) in [6, 6.07) is 10.3. The molecule has 0 saturated carbocycles. The molecule has 2 aromatic carbocycles. The Hall–Kier alpha value is -3.04. The molecule has 0 spiro atoms. The third-order valence-electron chi connectivity index (χ3n) is 4.92. The number of nitrogens with one attached hydrogen (secondary N) is 2. The number of carbonyl (C=O) groups is 1. The smallest absolute Gasteiger partial charge is 0.293 e. The van der Waals surface area contributed by atoms with E-state index in [9.17, 15) is 19.3 Å². The lowest BCUT2D eigenvalue weighted by atomic mass is 10.0. The van der Waals surface area contributed by atoms with Gasteiger partial charge >= 0.3 is 0 Å². The Kier molecular flexibility index (Phi) is 6.73. The summed E-state index contributed by atoms with van der Waals surface area (Å²) in [4.78, 5) is 25.5. The number of halogens is 1. The third kappa shape index (κ3) is 5.07. The molecule has 0 aromatic heterocycles. The fourth-order valence-electron chi connectivity index (χ4n) is 3.36. The molecule has 1 amide bonds. The molecule has 1 aliphatic heterocycles. The number of carbonyl (C=O) groups excluding carboxylic acids is 1. The quantitative estimate of drug-likeness (QED) is 0.546. The van der Waals surface area contributed by atoms with Crippen molar-refractivity contribution >= 4 is 17.3 Å². The van der Waals surface area contributed by atoms with Gasteiger partial charge in [-0.05, 0) is 29.8 Å². The van der Waals surface area contributed by atoms with Crippen LogP contribution in [0.4, 0.5) is 15.8 Å². The van der Waals surface area contributed by atoms with Gasteiger partial charge in [0.05, 0.1) is 24.2 Å². The molecular weight excluding hydrogens is 379 g/mol. The first-order valence-corrected chi connectivity index (χ1v) is 9.31. The average Bonchev–Trinajstić information content (AvgIpc) is 2.75. The molecule has 1 atom stereocenters. The summed E-state index contributed by atoms with van der Waals surface area (Å²) in [5.74, 6) is -0.730. The maximum atomic E-state index is 13.3. The normalized spacial score (nSPS) is 15.5. The number of ether oxygens (including phenoxy) is 1. The van der Waals surface area contributed by atoms with Crippen LogP contribution in [0.15, 0.2) is 42.5 Å². The van der Waals surface area contributed by atoms with Crippen molar-refractivity contribution in [1.29, 1.82) is 0 Å². The number of hydrogen-bond acceptors (Lipinski definition) is 6. The standard InChI is InChI=1S/C20H23FN4O4/c1-22-17-7-4-15(12-18(17)25(27)28)20(26)23-13-19(24-8-10-29-11-9-24)14-2-5-16(21)6-3-14/h2-7,12,19,22H,8-11,13H2,1H3,(H,23,26). The second kappa shape index (κ2) is 9.44. The molecule has 2 aromatic rings. The van der Waals surface area contributed by atoms with Gasteiger partial charge in [0.15, 0.2) is 0 Å². The lowest BCUT2D eigenvalue weighted by molar-refractivity contribution is -0.384. The Bertz CT molecular complexity index is 869. The minimum absolute atomic E-state index is 0.157. The van der Waals surface area contributed by atoms with Crippen LogP contribution in [-0.2, 0) is 4.74 Å². The summed E-state index contributed by atoms with van der Waals surface area (Å²) < 4.78 is 18.7. The highest BCUT2D eigenvalue weighted by Gasteiger charge is 2.24. The number of amides is 1. The number of rotatable bonds is 7. The van der Waals surface area contributed by atoms with Crippen molar-refractivity contribution in [3.63, 3.8) is 0 Å². The van der Waals surface area contributed by atoms with Crippen molar-refractivity contribution in [3.8, 4) is 0 Å².